The number of benzene rings is 2. The third-order valence-corrected chi connectivity index (χ3v) is 3.08. The molecular formula is C17H16N2O4. The van der Waals surface area contributed by atoms with E-state index < -0.39 is 5.91 Å². The Hall–Kier alpha value is -3.15. The SMILES string of the molecule is CC(=O)c1ccc(OCC(=O)Nc2ccc(C(N)=O)cc2)cc1. The van der Waals surface area contributed by atoms with Gasteiger partial charge in [-0.3, -0.25) is 14.4 Å². The predicted molar refractivity (Wildman–Crippen MR) is 85.5 cm³/mol. The second kappa shape index (κ2) is 7.22. The van der Waals surface area contributed by atoms with Crippen molar-refractivity contribution in [2.24, 2.45) is 5.73 Å². The number of carbonyl (C=O) groups excluding carboxylic acids is 3. The van der Waals surface area contributed by atoms with Crippen LogP contribution in [0.25, 0.3) is 0 Å². The van der Waals surface area contributed by atoms with Crippen LogP contribution >= 0.6 is 0 Å². The molecule has 0 aliphatic rings. The fourth-order valence-corrected chi connectivity index (χ4v) is 1.85. The average Bonchev–Trinajstić information content (AvgIpc) is 2.54. The van der Waals surface area contributed by atoms with Crippen molar-refractivity contribution in [3.05, 3.63) is 59.7 Å². The van der Waals surface area contributed by atoms with Gasteiger partial charge >= 0.3 is 0 Å². The van der Waals surface area contributed by atoms with Gasteiger partial charge in [-0.1, -0.05) is 0 Å². The van der Waals surface area contributed by atoms with Gasteiger partial charge in [-0.25, -0.2) is 0 Å². The van der Waals surface area contributed by atoms with Crippen LogP contribution in [-0.4, -0.2) is 24.2 Å². The van der Waals surface area contributed by atoms with E-state index in [1.54, 1.807) is 36.4 Å². The minimum absolute atomic E-state index is 0.0336. The Bertz CT molecular complexity index is 721. The molecule has 0 aromatic heterocycles. The first-order chi connectivity index (χ1) is 11.0. The first kappa shape index (κ1) is 16.2. The van der Waals surface area contributed by atoms with Crippen LogP contribution in [0.5, 0.6) is 5.75 Å². The second-order valence-electron chi connectivity index (χ2n) is 4.86. The van der Waals surface area contributed by atoms with Crippen LogP contribution in [0.2, 0.25) is 0 Å². The summed E-state index contributed by atoms with van der Waals surface area (Å²) >= 11 is 0. The van der Waals surface area contributed by atoms with Gasteiger partial charge in [0.25, 0.3) is 5.91 Å². The summed E-state index contributed by atoms with van der Waals surface area (Å²) in [4.78, 5) is 33.9. The number of hydrogen-bond donors (Lipinski definition) is 2. The lowest BCUT2D eigenvalue weighted by atomic mass is 10.1. The summed E-state index contributed by atoms with van der Waals surface area (Å²) in [5.41, 5.74) is 6.62. The number of primary amides is 1. The highest BCUT2D eigenvalue weighted by Crippen LogP contribution is 2.13. The van der Waals surface area contributed by atoms with Gasteiger partial charge < -0.3 is 15.8 Å². The molecular weight excluding hydrogens is 296 g/mol. The topological polar surface area (TPSA) is 98.5 Å². The molecule has 2 amide bonds. The van der Waals surface area contributed by atoms with E-state index in [2.05, 4.69) is 5.32 Å². The van der Waals surface area contributed by atoms with Crippen molar-refractivity contribution in [2.45, 2.75) is 6.92 Å². The van der Waals surface area contributed by atoms with E-state index in [-0.39, 0.29) is 18.3 Å². The van der Waals surface area contributed by atoms with Crippen LogP contribution in [0.1, 0.15) is 27.6 Å². The molecule has 0 saturated heterocycles. The maximum Gasteiger partial charge on any atom is 0.262 e. The minimum atomic E-state index is -0.528. The van der Waals surface area contributed by atoms with Crippen LogP contribution in [0.15, 0.2) is 48.5 Å². The Morgan fingerprint density at radius 1 is 0.957 bits per heavy atom. The molecule has 2 rings (SSSR count). The quantitative estimate of drug-likeness (QED) is 0.797. The van der Waals surface area contributed by atoms with E-state index >= 15 is 0 Å². The number of Topliss-reactive ketones (excluding diaryl/α,β-unsaturated/α-hetero) is 1. The van der Waals surface area contributed by atoms with Crippen molar-refractivity contribution < 1.29 is 19.1 Å². The number of hydrogen-bond acceptors (Lipinski definition) is 4. The average molecular weight is 312 g/mol. The highest BCUT2D eigenvalue weighted by molar-refractivity contribution is 5.95. The van der Waals surface area contributed by atoms with Crippen LogP contribution in [0.3, 0.4) is 0 Å². The van der Waals surface area contributed by atoms with Crippen LogP contribution in [0, 0.1) is 0 Å². The Kier molecular flexibility index (Phi) is 5.09. The van der Waals surface area contributed by atoms with Gasteiger partial charge in [0.1, 0.15) is 5.75 Å². The fraction of sp³-hybridized carbons (Fsp3) is 0.118. The molecule has 6 heteroatoms. The highest BCUT2D eigenvalue weighted by atomic mass is 16.5. The summed E-state index contributed by atoms with van der Waals surface area (Å²) in [7, 11) is 0. The summed E-state index contributed by atoms with van der Waals surface area (Å²) in [5, 5.41) is 2.64. The van der Waals surface area contributed by atoms with Crippen LogP contribution in [-0.2, 0) is 4.79 Å². The lowest BCUT2D eigenvalue weighted by Crippen LogP contribution is -2.20. The Balaban J connectivity index is 1.87. The van der Waals surface area contributed by atoms with Gasteiger partial charge in [0.05, 0.1) is 0 Å². The zero-order valence-electron chi connectivity index (χ0n) is 12.5. The number of ketones is 1. The van der Waals surface area contributed by atoms with Crippen molar-refractivity contribution in [3.63, 3.8) is 0 Å². The summed E-state index contributed by atoms with van der Waals surface area (Å²) in [6.07, 6.45) is 0. The molecule has 0 spiro atoms. The molecule has 6 nitrogen and oxygen atoms in total. The molecule has 0 bridgehead atoms. The van der Waals surface area contributed by atoms with Crippen LogP contribution in [0.4, 0.5) is 5.69 Å². The summed E-state index contributed by atoms with van der Waals surface area (Å²) in [5.74, 6) is -0.407. The minimum Gasteiger partial charge on any atom is -0.484 e. The smallest absolute Gasteiger partial charge is 0.262 e. The molecule has 0 radical (unpaired) electrons. The molecule has 3 N–H and O–H groups in total. The van der Waals surface area contributed by atoms with E-state index in [0.717, 1.165) is 0 Å². The molecule has 0 saturated carbocycles. The van der Waals surface area contributed by atoms with E-state index in [1.165, 1.54) is 19.1 Å². The molecule has 0 unspecified atom stereocenters. The number of nitrogens with one attached hydrogen (secondary N) is 1. The first-order valence-corrected chi connectivity index (χ1v) is 6.89. The molecule has 0 fully saturated rings. The second-order valence-corrected chi connectivity index (χ2v) is 4.86. The van der Waals surface area contributed by atoms with Crippen molar-refractivity contribution in [2.75, 3.05) is 11.9 Å². The summed E-state index contributed by atoms with van der Waals surface area (Å²) in [6, 6.07) is 12.8. The third-order valence-electron chi connectivity index (χ3n) is 3.08. The normalized spacial score (nSPS) is 9.96. The lowest BCUT2D eigenvalue weighted by Gasteiger charge is -2.08. The lowest BCUT2D eigenvalue weighted by molar-refractivity contribution is -0.118. The number of nitrogens with two attached hydrogens (primary N) is 1. The first-order valence-electron chi connectivity index (χ1n) is 6.89. The zero-order chi connectivity index (χ0) is 16.8. The third kappa shape index (κ3) is 4.67. The Morgan fingerprint density at radius 2 is 1.52 bits per heavy atom. The fourth-order valence-electron chi connectivity index (χ4n) is 1.85. The standard InChI is InChI=1S/C17H16N2O4/c1-11(20)12-4-8-15(9-5-12)23-10-16(21)19-14-6-2-13(3-7-14)17(18)22/h2-9H,10H2,1H3,(H2,18,22)(H,19,21). The van der Waals surface area contributed by atoms with Gasteiger partial charge in [0.2, 0.25) is 5.91 Å². The van der Waals surface area contributed by atoms with Gasteiger partial charge in [-0.05, 0) is 55.5 Å². The largest absolute Gasteiger partial charge is 0.484 e. The molecule has 2 aromatic carbocycles. The molecule has 0 aliphatic heterocycles. The van der Waals surface area contributed by atoms with Crippen LogP contribution < -0.4 is 15.8 Å². The summed E-state index contributed by atoms with van der Waals surface area (Å²) in [6.45, 7) is 1.31. The molecule has 2 aromatic rings. The molecule has 0 aliphatic carbocycles. The molecule has 118 valence electrons. The van der Waals surface area contributed by atoms with Crippen molar-refractivity contribution in [1.29, 1.82) is 0 Å². The van der Waals surface area contributed by atoms with E-state index in [9.17, 15) is 14.4 Å². The number of carbonyl (C=O) groups is 3. The maximum absolute atomic E-state index is 11.8. The van der Waals surface area contributed by atoms with Crippen molar-refractivity contribution in [1.82, 2.24) is 0 Å². The number of rotatable bonds is 6. The highest BCUT2D eigenvalue weighted by Gasteiger charge is 2.06. The van der Waals surface area contributed by atoms with E-state index in [0.29, 0.717) is 22.6 Å². The molecule has 0 atom stereocenters. The monoisotopic (exact) mass is 312 g/mol. The van der Waals surface area contributed by atoms with Gasteiger partial charge in [-0.2, -0.15) is 0 Å². The number of amides is 2. The Morgan fingerprint density at radius 3 is 2.04 bits per heavy atom. The number of ether oxygens (including phenoxy) is 1. The van der Waals surface area contributed by atoms with Crippen molar-refractivity contribution >= 4 is 23.3 Å². The van der Waals surface area contributed by atoms with Crippen molar-refractivity contribution in [3.8, 4) is 5.75 Å². The van der Waals surface area contributed by atoms with Gasteiger partial charge in [0.15, 0.2) is 12.4 Å². The summed E-state index contributed by atoms with van der Waals surface area (Å²) < 4.78 is 5.34. The van der Waals surface area contributed by atoms with E-state index in [4.69, 9.17) is 10.5 Å². The predicted octanol–water partition coefficient (Wildman–Crippen LogP) is 2.01. The Labute approximate surface area is 133 Å². The maximum atomic E-state index is 11.8. The number of anilines is 1. The van der Waals surface area contributed by atoms with E-state index in [1.807, 2.05) is 0 Å². The van der Waals surface area contributed by atoms with Gasteiger partial charge in [0, 0.05) is 16.8 Å². The molecule has 0 heterocycles. The molecule has 23 heavy (non-hydrogen) atoms. The van der Waals surface area contributed by atoms with Gasteiger partial charge in [-0.15, -0.1) is 0 Å². The zero-order valence-corrected chi connectivity index (χ0v) is 12.5.